The minimum atomic E-state index is 0.233. The van der Waals surface area contributed by atoms with Gasteiger partial charge in [-0.25, -0.2) is 9.97 Å². The number of guanidine groups is 1. The highest BCUT2D eigenvalue weighted by molar-refractivity contribution is 6.30. The number of rotatable bonds is 5. The Morgan fingerprint density at radius 1 is 1.06 bits per heavy atom. The zero-order chi connectivity index (χ0) is 21.5. The fraction of sp³-hybridized carbons (Fsp3) is 0.500. The minimum Gasteiger partial charge on any atom is -0.379 e. The van der Waals surface area contributed by atoms with Crippen LogP contribution in [-0.4, -0.2) is 91.8 Å². The molecular weight excluding hydrogens is 414 g/mol. The lowest BCUT2D eigenvalue weighted by molar-refractivity contribution is 0.0169. The number of morpholine rings is 1. The van der Waals surface area contributed by atoms with E-state index in [0.717, 1.165) is 76.0 Å². The van der Waals surface area contributed by atoms with Gasteiger partial charge in [-0.15, -0.1) is 0 Å². The Labute approximate surface area is 188 Å². The predicted octanol–water partition coefficient (Wildman–Crippen LogP) is 1.90. The molecule has 0 aliphatic carbocycles. The fourth-order valence-corrected chi connectivity index (χ4v) is 4.25. The van der Waals surface area contributed by atoms with Gasteiger partial charge in [0, 0.05) is 70.3 Å². The summed E-state index contributed by atoms with van der Waals surface area (Å²) in [5.41, 5.74) is 1.25. The highest BCUT2D eigenvalue weighted by atomic mass is 35.5. The molecule has 0 spiro atoms. The lowest BCUT2D eigenvalue weighted by Gasteiger charge is -2.38. The van der Waals surface area contributed by atoms with Crippen LogP contribution in [0.3, 0.4) is 0 Å². The third-order valence-electron chi connectivity index (χ3n) is 5.82. The van der Waals surface area contributed by atoms with Crippen LogP contribution in [0.25, 0.3) is 0 Å². The first-order chi connectivity index (χ1) is 15.2. The van der Waals surface area contributed by atoms with Crippen molar-refractivity contribution < 1.29 is 4.74 Å². The van der Waals surface area contributed by atoms with Gasteiger partial charge in [0.2, 0.25) is 5.95 Å². The normalized spacial score (nSPS) is 19.4. The smallest absolute Gasteiger partial charge is 0.225 e. The molecule has 8 nitrogen and oxygen atoms in total. The highest BCUT2D eigenvalue weighted by Gasteiger charge is 2.25. The first-order valence-electron chi connectivity index (χ1n) is 10.8. The van der Waals surface area contributed by atoms with E-state index >= 15 is 0 Å². The van der Waals surface area contributed by atoms with Gasteiger partial charge in [0.1, 0.15) is 0 Å². The van der Waals surface area contributed by atoms with E-state index in [1.807, 2.05) is 25.2 Å². The molecule has 1 unspecified atom stereocenters. The van der Waals surface area contributed by atoms with E-state index in [-0.39, 0.29) is 6.04 Å². The molecule has 3 heterocycles. The Hall–Kier alpha value is -2.42. The molecule has 1 aromatic carbocycles. The second kappa shape index (κ2) is 10.7. The van der Waals surface area contributed by atoms with Crippen LogP contribution in [0.4, 0.5) is 5.95 Å². The number of hydrogen-bond acceptors (Lipinski definition) is 6. The van der Waals surface area contributed by atoms with Crippen molar-refractivity contribution in [1.29, 1.82) is 0 Å². The number of halogens is 1. The predicted molar refractivity (Wildman–Crippen MR) is 124 cm³/mol. The summed E-state index contributed by atoms with van der Waals surface area (Å²) in [6.07, 6.45) is 3.58. The lowest BCUT2D eigenvalue weighted by atomic mass is 10.0. The highest BCUT2D eigenvalue weighted by Crippen LogP contribution is 2.23. The van der Waals surface area contributed by atoms with Crippen LogP contribution in [0, 0.1) is 0 Å². The van der Waals surface area contributed by atoms with Crippen molar-refractivity contribution in [2.24, 2.45) is 4.99 Å². The molecule has 0 bridgehead atoms. The van der Waals surface area contributed by atoms with Crippen molar-refractivity contribution in [2.45, 2.75) is 6.04 Å². The molecule has 2 aliphatic rings. The van der Waals surface area contributed by atoms with E-state index < -0.39 is 0 Å². The Morgan fingerprint density at radius 3 is 2.39 bits per heavy atom. The maximum atomic E-state index is 6.12. The molecular formula is C22H30ClN7O. The lowest BCUT2D eigenvalue weighted by Crippen LogP contribution is -2.54. The molecule has 166 valence electrons. The summed E-state index contributed by atoms with van der Waals surface area (Å²) in [5, 5.41) is 4.37. The molecule has 0 radical (unpaired) electrons. The summed E-state index contributed by atoms with van der Waals surface area (Å²) in [4.78, 5) is 20.3. The molecule has 1 atom stereocenters. The monoisotopic (exact) mass is 443 g/mol. The Balaban J connectivity index is 1.38. The molecule has 2 saturated heterocycles. The van der Waals surface area contributed by atoms with Crippen LogP contribution in [0.2, 0.25) is 5.02 Å². The van der Waals surface area contributed by atoms with Gasteiger partial charge in [0.15, 0.2) is 5.96 Å². The second-order valence-corrected chi connectivity index (χ2v) is 8.10. The third kappa shape index (κ3) is 5.64. The largest absolute Gasteiger partial charge is 0.379 e. The van der Waals surface area contributed by atoms with Gasteiger partial charge in [-0.3, -0.25) is 9.89 Å². The van der Waals surface area contributed by atoms with Crippen LogP contribution in [0.15, 0.2) is 47.7 Å². The minimum absolute atomic E-state index is 0.233. The van der Waals surface area contributed by atoms with Crippen LogP contribution in [0.5, 0.6) is 0 Å². The molecule has 1 aromatic heterocycles. The van der Waals surface area contributed by atoms with Crippen LogP contribution >= 0.6 is 11.6 Å². The molecule has 4 rings (SSSR count). The summed E-state index contributed by atoms with van der Waals surface area (Å²) in [6, 6.07) is 10.2. The summed E-state index contributed by atoms with van der Waals surface area (Å²) in [7, 11) is 1.85. The zero-order valence-electron chi connectivity index (χ0n) is 18.0. The number of nitrogens with one attached hydrogen (secondary N) is 1. The molecule has 0 amide bonds. The number of aromatic nitrogens is 2. The zero-order valence-corrected chi connectivity index (χ0v) is 18.7. The van der Waals surface area contributed by atoms with Gasteiger partial charge in [-0.2, -0.15) is 0 Å². The molecule has 9 heteroatoms. The van der Waals surface area contributed by atoms with Crippen LogP contribution < -0.4 is 10.2 Å². The van der Waals surface area contributed by atoms with E-state index in [9.17, 15) is 0 Å². The van der Waals surface area contributed by atoms with Crippen molar-refractivity contribution in [3.63, 3.8) is 0 Å². The Morgan fingerprint density at radius 2 is 1.74 bits per heavy atom. The summed E-state index contributed by atoms with van der Waals surface area (Å²) < 4.78 is 5.56. The molecule has 2 fully saturated rings. The first-order valence-corrected chi connectivity index (χ1v) is 11.2. The van der Waals surface area contributed by atoms with E-state index in [1.165, 1.54) is 5.56 Å². The van der Waals surface area contributed by atoms with Crippen molar-refractivity contribution >= 4 is 23.5 Å². The van der Waals surface area contributed by atoms with Gasteiger partial charge >= 0.3 is 0 Å². The quantitative estimate of drug-likeness (QED) is 0.559. The Bertz CT molecular complexity index is 835. The van der Waals surface area contributed by atoms with Crippen molar-refractivity contribution in [3.05, 3.63) is 53.3 Å². The van der Waals surface area contributed by atoms with E-state index in [0.29, 0.717) is 0 Å². The maximum absolute atomic E-state index is 6.12. The number of aliphatic imine (C=N–C) groups is 1. The van der Waals surface area contributed by atoms with Gasteiger partial charge in [-0.1, -0.05) is 23.7 Å². The molecule has 2 aliphatic heterocycles. The number of ether oxygens (including phenoxy) is 1. The van der Waals surface area contributed by atoms with Crippen molar-refractivity contribution in [2.75, 3.05) is 71.0 Å². The summed E-state index contributed by atoms with van der Waals surface area (Å²) in [5.74, 6) is 1.72. The average Bonchev–Trinajstić information content (AvgIpc) is 2.84. The molecule has 31 heavy (non-hydrogen) atoms. The number of nitrogens with zero attached hydrogens (tertiary/aromatic N) is 6. The number of piperazine rings is 1. The summed E-state index contributed by atoms with van der Waals surface area (Å²) >= 11 is 6.12. The van der Waals surface area contributed by atoms with Crippen molar-refractivity contribution in [1.82, 2.24) is 25.1 Å². The first kappa shape index (κ1) is 21.8. The molecule has 1 N–H and O–H groups in total. The average molecular weight is 444 g/mol. The second-order valence-electron chi connectivity index (χ2n) is 7.67. The van der Waals surface area contributed by atoms with Gasteiger partial charge in [0.05, 0.1) is 19.3 Å². The SMILES string of the molecule is CN=C(NCC(c1ccc(Cl)cc1)N1CCOCC1)N1CCN(c2ncccn2)CC1. The molecule has 2 aromatic rings. The van der Waals surface area contributed by atoms with Crippen molar-refractivity contribution in [3.8, 4) is 0 Å². The summed E-state index contributed by atoms with van der Waals surface area (Å²) in [6.45, 7) is 7.64. The third-order valence-corrected chi connectivity index (χ3v) is 6.07. The van der Waals surface area contributed by atoms with Crippen LogP contribution in [-0.2, 0) is 4.74 Å². The number of anilines is 1. The maximum Gasteiger partial charge on any atom is 0.225 e. The standard InChI is InChI=1S/C22H30ClN7O/c1-24-21(29-9-11-30(12-10-29)22-25-7-2-8-26-22)27-17-20(28-13-15-31-16-14-28)18-3-5-19(23)6-4-18/h2-8,20H,9-17H2,1H3,(H,24,27). The topological polar surface area (TPSA) is 69.1 Å². The Kier molecular flexibility index (Phi) is 7.56. The van der Waals surface area contributed by atoms with E-state index in [2.05, 4.69) is 47.1 Å². The fourth-order valence-electron chi connectivity index (χ4n) is 4.12. The van der Waals surface area contributed by atoms with E-state index in [1.54, 1.807) is 12.4 Å². The number of hydrogen-bond donors (Lipinski definition) is 1. The molecule has 0 saturated carbocycles. The van der Waals surface area contributed by atoms with Gasteiger partial charge < -0.3 is 19.9 Å². The van der Waals surface area contributed by atoms with E-state index in [4.69, 9.17) is 16.3 Å². The number of benzene rings is 1. The van der Waals surface area contributed by atoms with Gasteiger partial charge in [0.25, 0.3) is 0 Å². The van der Waals surface area contributed by atoms with Crippen LogP contribution in [0.1, 0.15) is 11.6 Å². The van der Waals surface area contributed by atoms with Gasteiger partial charge in [-0.05, 0) is 23.8 Å².